The van der Waals surface area contributed by atoms with Crippen LogP contribution in [0.3, 0.4) is 0 Å². The molecule has 0 aliphatic carbocycles. The van der Waals surface area contributed by atoms with Gasteiger partial charge in [-0.25, -0.2) is 12.8 Å². The third-order valence-corrected chi connectivity index (χ3v) is 8.37. The van der Waals surface area contributed by atoms with Gasteiger partial charge in [-0.2, -0.15) is 13.2 Å². The van der Waals surface area contributed by atoms with Gasteiger partial charge in [0.2, 0.25) is 0 Å². The summed E-state index contributed by atoms with van der Waals surface area (Å²) in [5.74, 6) is 5.92. The van der Waals surface area contributed by atoms with Gasteiger partial charge >= 0.3 is 6.18 Å². The summed E-state index contributed by atoms with van der Waals surface area (Å²) >= 11 is 0. The number of methoxy groups -OCH3 is 2. The van der Waals surface area contributed by atoms with E-state index in [1.165, 1.54) is 32.4 Å². The lowest BCUT2D eigenvalue weighted by atomic mass is 10.0. The van der Waals surface area contributed by atoms with E-state index in [4.69, 9.17) is 9.47 Å². The van der Waals surface area contributed by atoms with Gasteiger partial charge in [0, 0.05) is 50.1 Å². The first-order chi connectivity index (χ1) is 20.8. The lowest BCUT2D eigenvalue weighted by molar-refractivity contribution is -0.140. The predicted molar refractivity (Wildman–Crippen MR) is 161 cm³/mol. The van der Waals surface area contributed by atoms with Crippen molar-refractivity contribution in [2.75, 3.05) is 63.9 Å². The van der Waals surface area contributed by atoms with E-state index in [0.717, 1.165) is 10.8 Å². The summed E-state index contributed by atoms with van der Waals surface area (Å²) in [5.41, 5.74) is 1.40. The zero-order valence-electron chi connectivity index (χ0n) is 24.6. The zero-order chi connectivity index (χ0) is 32.1. The number of β-amino-alcohol motifs (C(OH)–C–C–N with tert-alkyl or cyclic N) is 1. The summed E-state index contributed by atoms with van der Waals surface area (Å²) < 4.78 is 90.9. The second-order valence-corrected chi connectivity index (χ2v) is 12.7. The molecule has 0 saturated carbocycles. The first-order valence-electron chi connectivity index (χ1n) is 13.9. The molecule has 0 radical (unpaired) electrons. The standard InChI is InChI=1S/C30H36F4N4O5S/c1-42-18-21(39)16-37-13-11-26(24(31)17-37)36-25-7-4-8-28-23(25)14-20(38(28)19-30(32,33)34)6-5-12-35-27-10-9-22(44(3,40)41)15-29(27)43-2/h4,7-10,14-15,21,24,26,35-36,39H,11-13,16-19H2,1-3H3/t21-,24+,26+/m0/s1. The van der Waals surface area contributed by atoms with Gasteiger partial charge in [0.1, 0.15) is 18.5 Å². The maximum atomic E-state index is 15.2. The van der Waals surface area contributed by atoms with Crippen molar-refractivity contribution in [3.05, 3.63) is 48.2 Å². The van der Waals surface area contributed by atoms with Gasteiger partial charge in [0.05, 0.1) is 54.2 Å². The molecule has 3 N–H and O–H groups in total. The number of aliphatic hydroxyl groups excluding tert-OH is 1. The molecule has 1 aliphatic rings. The molecule has 1 fully saturated rings. The van der Waals surface area contributed by atoms with Crippen LogP contribution in [0.25, 0.3) is 10.9 Å². The molecule has 2 heterocycles. The topological polar surface area (TPSA) is 105 Å². The number of halogens is 4. The zero-order valence-corrected chi connectivity index (χ0v) is 25.4. The molecule has 44 heavy (non-hydrogen) atoms. The van der Waals surface area contributed by atoms with Crippen molar-refractivity contribution in [3.63, 3.8) is 0 Å². The monoisotopic (exact) mass is 640 g/mol. The number of ether oxygens (including phenoxy) is 2. The normalized spacial score (nSPS) is 18.5. The lowest BCUT2D eigenvalue weighted by Gasteiger charge is -2.36. The fourth-order valence-corrected chi connectivity index (χ4v) is 5.86. The molecule has 14 heteroatoms. The maximum Gasteiger partial charge on any atom is 0.406 e. The number of piperidine rings is 1. The van der Waals surface area contributed by atoms with E-state index in [-0.39, 0.29) is 42.6 Å². The SMILES string of the molecule is COC[C@@H](O)CN1CC[C@@H](Nc2cccc3c2cc(C#CCNc2ccc(S(C)(=O)=O)cc2OC)n3CC(F)(F)F)[C@H](F)C1. The van der Waals surface area contributed by atoms with E-state index in [0.29, 0.717) is 35.2 Å². The molecule has 1 saturated heterocycles. The van der Waals surface area contributed by atoms with E-state index in [2.05, 4.69) is 22.5 Å². The molecule has 3 atom stereocenters. The highest BCUT2D eigenvalue weighted by Gasteiger charge is 2.32. The van der Waals surface area contributed by atoms with Crippen molar-refractivity contribution >= 4 is 32.1 Å². The summed E-state index contributed by atoms with van der Waals surface area (Å²) in [6.45, 7) is -0.141. The predicted octanol–water partition coefficient (Wildman–Crippen LogP) is 3.91. The Kier molecular flexibility index (Phi) is 10.7. The fourth-order valence-electron chi connectivity index (χ4n) is 5.22. The highest BCUT2D eigenvalue weighted by atomic mass is 32.2. The van der Waals surface area contributed by atoms with Crippen molar-refractivity contribution in [1.82, 2.24) is 9.47 Å². The average Bonchev–Trinajstić information content (AvgIpc) is 3.28. The van der Waals surface area contributed by atoms with Crippen LogP contribution in [0.15, 0.2) is 47.4 Å². The van der Waals surface area contributed by atoms with Gasteiger partial charge in [0.25, 0.3) is 0 Å². The van der Waals surface area contributed by atoms with Gasteiger partial charge in [0.15, 0.2) is 9.84 Å². The van der Waals surface area contributed by atoms with Gasteiger partial charge in [-0.1, -0.05) is 12.0 Å². The number of alkyl halides is 4. The Morgan fingerprint density at radius 2 is 1.93 bits per heavy atom. The number of nitrogens with zero attached hydrogens (tertiary/aromatic N) is 2. The number of benzene rings is 2. The molecule has 3 aromatic rings. The van der Waals surface area contributed by atoms with Crippen LogP contribution >= 0.6 is 0 Å². The van der Waals surface area contributed by atoms with Gasteiger partial charge in [-0.05, 0) is 42.7 Å². The Hall–Kier alpha value is -3.51. The smallest absolute Gasteiger partial charge is 0.406 e. The quantitative estimate of drug-likeness (QED) is 0.214. The minimum atomic E-state index is -4.51. The highest BCUT2D eigenvalue weighted by Crippen LogP contribution is 2.32. The van der Waals surface area contributed by atoms with Crippen LogP contribution in [-0.2, 0) is 21.1 Å². The fraction of sp³-hybridized carbons (Fsp3) is 0.467. The molecule has 1 aromatic heterocycles. The van der Waals surface area contributed by atoms with Crippen molar-refractivity contribution in [1.29, 1.82) is 0 Å². The van der Waals surface area contributed by atoms with E-state index in [1.807, 2.05) is 4.90 Å². The molecule has 240 valence electrons. The summed E-state index contributed by atoms with van der Waals surface area (Å²) in [4.78, 5) is 1.90. The molecule has 0 unspecified atom stereocenters. The van der Waals surface area contributed by atoms with E-state index in [1.54, 1.807) is 24.3 Å². The number of anilines is 2. The first kappa shape index (κ1) is 33.4. The molecular weight excluding hydrogens is 604 g/mol. The molecule has 1 aliphatic heterocycles. The lowest BCUT2D eigenvalue weighted by Crippen LogP contribution is -2.50. The number of hydrogen-bond acceptors (Lipinski definition) is 8. The summed E-state index contributed by atoms with van der Waals surface area (Å²) in [7, 11) is -0.571. The number of aromatic nitrogens is 1. The number of sulfone groups is 1. The Morgan fingerprint density at radius 1 is 1.16 bits per heavy atom. The second-order valence-electron chi connectivity index (χ2n) is 10.7. The van der Waals surface area contributed by atoms with Crippen LogP contribution in [-0.4, -0.2) is 101 Å². The van der Waals surface area contributed by atoms with E-state index >= 15 is 4.39 Å². The Bertz CT molecular complexity index is 1620. The molecule has 0 spiro atoms. The third kappa shape index (κ3) is 8.56. The Morgan fingerprint density at radius 3 is 2.59 bits per heavy atom. The number of rotatable bonds is 11. The highest BCUT2D eigenvalue weighted by molar-refractivity contribution is 7.90. The van der Waals surface area contributed by atoms with Crippen LogP contribution in [0.1, 0.15) is 12.1 Å². The molecule has 4 rings (SSSR count). The molecule has 9 nitrogen and oxygen atoms in total. The Balaban J connectivity index is 1.54. The third-order valence-electron chi connectivity index (χ3n) is 7.26. The van der Waals surface area contributed by atoms with Crippen LogP contribution in [0.2, 0.25) is 0 Å². The summed E-state index contributed by atoms with van der Waals surface area (Å²) in [6.07, 6.45) is -4.98. The number of likely N-dealkylation sites (tertiary alicyclic amines) is 1. The van der Waals surface area contributed by atoms with Gasteiger partial charge < -0.3 is 29.8 Å². The first-order valence-corrected chi connectivity index (χ1v) is 15.8. The molecular formula is C30H36F4N4O5S. The Labute approximate surface area is 254 Å². The van der Waals surface area contributed by atoms with Crippen LogP contribution in [0, 0.1) is 11.8 Å². The maximum absolute atomic E-state index is 15.2. The van der Waals surface area contributed by atoms with Gasteiger partial charge in [-0.3, -0.25) is 4.90 Å². The van der Waals surface area contributed by atoms with Crippen LogP contribution < -0.4 is 15.4 Å². The number of aliphatic hydroxyl groups is 1. The van der Waals surface area contributed by atoms with Crippen LogP contribution in [0.4, 0.5) is 28.9 Å². The minimum Gasteiger partial charge on any atom is -0.495 e. The van der Waals surface area contributed by atoms with Gasteiger partial charge in [-0.15, -0.1) is 0 Å². The summed E-state index contributed by atoms with van der Waals surface area (Å²) in [5, 5.41) is 16.7. The summed E-state index contributed by atoms with van der Waals surface area (Å²) in [6, 6.07) is 10.2. The number of fused-ring (bicyclic) bond motifs is 1. The van der Waals surface area contributed by atoms with Crippen molar-refractivity contribution < 1.29 is 40.6 Å². The second kappa shape index (κ2) is 14.1. The molecule has 2 aromatic carbocycles. The largest absolute Gasteiger partial charge is 0.495 e. The number of hydrogen-bond donors (Lipinski definition) is 3. The average molecular weight is 641 g/mol. The number of nitrogens with one attached hydrogen (secondary N) is 2. The van der Waals surface area contributed by atoms with Crippen LogP contribution in [0.5, 0.6) is 5.75 Å². The van der Waals surface area contributed by atoms with E-state index in [9.17, 15) is 26.7 Å². The van der Waals surface area contributed by atoms with Crippen molar-refractivity contribution in [2.24, 2.45) is 0 Å². The minimum absolute atomic E-state index is 0.0361. The molecule has 0 amide bonds. The van der Waals surface area contributed by atoms with E-state index < -0.39 is 40.9 Å². The van der Waals surface area contributed by atoms with Crippen molar-refractivity contribution in [3.8, 4) is 17.6 Å². The molecule has 0 bridgehead atoms. The van der Waals surface area contributed by atoms with Crippen molar-refractivity contribution in [2.45, 2.75) is 42.4 Å².